The highest BCUT2D eigenvalue weighted by Gasteiger charge is 2.22. The van der Waals surface area contributed by atoms with Crippen LogP contribution in [0.4, 0.5) is 0 Å². The number of benzene rings is 1. The zero-order valence-electron chi connectivity index (χ0n) is 14.4. The first-order chi connectivity index (χ1) is 12.2. The Hall–Kier alpha value is -1.98. The molecule has 0 saturated carbocycles. The zero-order valence-corrected chi connectivity index (χ0v) is 15.2. The molecule has 25 heavy (non-hydrogen) atoms. The van der Waals surface area contributed by atoms with Gasteiger partial charge < -0.3 is 4.90 Å². The molecule has 0 N–H and O–H groups in total. The van der Waals surface area contributed by atoms with Crippen molar-refractivity contribution in [1.82, 2.24) is 9.80 Å². The number of aryl methyl sites for hydroxylation is 1. The molecule has 132 valence electrons. The third-order valence-electron chi connectivity index (χ3n) is 4.59. The van der Waals surface area contributed by atoms with Gasteiger partial charge in [0.1, 0.15) is 0 Å². The smallest absolute Gasteiger partial charge is 0.222 e. The summed E-state index contributed by atoms with van der Waals surface area (Å²) >= 11 is 1.49. The van der Waals surface area contributed by atoms with Crippen molar-refractivity contribution in [3.05, 3.63) is 58.3 Å². The Balaban J connectivity index is 1.36. The van der Waals surface area contributed by atoms with Gasteiger partial charge in [-0.1, -0.05) is 36.4 Å². The van der Waals surface area contributed by atoms with Crippen LogP contribution in [0.25, 0.3) is 0 Å². The van der Waals surface area contributed by atoms with E-state index in [4.69, 9.17) is 0 Å². The van der Waals surface area contributed by atoms with Gasteiger partial charge in [0.25, 0.3) is 0 Å². The molecule has 1 aromatic carbocycles. The summed E-state index contributed by atoms with van der Waals surface area (Å²) in [5, 5.41) is 1.93. The van der Waals surface area contributed by atoms with Crippen molar-refractivity contribution in [3.63, 3.8) is 0 Å². The van der Waals surface area contributed by atoms with Gasteiger partial charge >= 0.3 is 0 Å². The fourth-order valence-corrected chi connectivity index (χ4v) is 3.78. The summed E-state index contributed by atoms with van der Waals surface area (Å²) in [5.74, 6) is 0.415. The second-order valence-corrected chi connectivity index (χ2v) is 7.34. The molecule has 1 aromatic heterocycles. The van der Waals surface area contributed by atoms with Crippen LogP contribution >= 0.6 is 11.3 Å². The van der Waals surface area contributed by atoms with E-state index >= 15 is 0 Å². The van der Waals surface area contributed by atoms with E-state index in [9.17, 15) is 9.59 Å². The molecule has 4 nitrogen and oxygen atoms in total. The van der Waals surface area contributed by atoms with Gasteiger partial charge in [0.05, 0.1) is 11.4 Å². The van der Waals surface area contributed by atoms with Crippen molar-refractivity contribution in [2.24, 2.45) is 0 Å². The molecule has 0 aliphatic carbocycles. The van der Waals surface area contributed by atoms with Crippen LogP contribution in [-0.4, -0.2) is 54.2 Å². The Bertz CT molecular complexity index is 677. The first-order valence-electron chi connectivity index (χ1n) is 8.83. The molecule has 0 bridgehead atoms. The number of hydrogen-bond donors (Lipinski definition) is 0. The fraction of sp³-hybridized carbons (Fsp3) is 0.400. The number of amides is 1. The van der Waals surface area contributed by atoms with Crippen LogP contribution in [0.3, 0.4) is 0 Å². The highest BCUT2D eigenvalue weighted by atomic mass is 32.1. The van der Waals surface area contributed by atoms with Gasteiger partial charge in [0.15, 0.2) is 5.78 Å². The van der Waals surface area contributed by atoms with Gasteiger partial charge in [-0.2, -0.15) is 0 Å². The topological polar surface area (TPSA) is 40.6 Å². The Morgan fingerprint density at radius 3 is 2.40 bits per heavy atom. The van der Waals surface area contributed by atoms with Crippen LogP contribution in [0.2, 0.25) is 0 Å². The predicted molar refractivity (Wildman–Crippen MR) is 101 cm³/mol. The third kappa shape index (κ3) is 5.25. The van der Waals surface area contributed by atoms with Crippen molar-refractivity contribution < 1.29 is 9.59 Å². The molecule has 2 aromatic rings. The molecule has 1 aliphatic heterocycles. The summed E-state index contributed by atoms with van der Waals surface area (Å²) in [5.41, 5.74) is 1.28. The highest BCUT2D eigenvalue weighted by molar-refractivity contribution is 7.12. The molecule has 1 saturated heterocycles. The number of piperazine rings is 1. The van der Waals surface area contributed by atoms with E-state index in [1.54, 1.807) is 0 Å². The molecular weight excluding hydrogens is 332 g/mol. The molecule has 0 spiro atoms. The van der Waals surface area contributed by atoms with Crippen LogP contribution in [-0.2, 0) is 11.2 Å². The molecule has 0 atom stereocenters. The van der Waals surface area contributed by atoms with Crippen molar-refractivity contribution in [2.75, 3.05) is 32.7 Å². The lowest BCUT2D eigenvalue weighted by molar-refractivity contribution is -0.132. The number of hydrogen-bond acceptors (Lipinski definition) is 4. The molecule has 5 heteroatoms. The highest BCUT2D eigenvalue weighted by Crippen LogP contribution is 2.12. The minimum Gasteiger partial charge on any atom is -0.340 e. The van der Waals surface area contributed by atoms with E-state index in [0.29, 0.717) is 13.0 Å². The number of Topliss-reactive ketones (excluding diaryl/α,β-unsaturated/α-hetero) is 1. The average molecular weight is 356 g/mol. The minimum atomic E-state index is 0.178. The standard InChI is InChI=1S/C20H24N2O2S/c23-18(19-9-5-15-25-19)16-21-11-13-22(14-12-21)20(24)10-4-8-17-6-2-1-3-7-17/h1-3,5-7,9,15H,4,8,10-14,16H2. The Kier molecular flexibility index (Phi) is 6.36. The van der Waals surface area contributed by atoms with E-state index in [1.807, 2.05) is 40.6 Å². The summed E-state index contributed by atoms with van der Waals surface area (Å²) in [6.45, 7) is 3.46. The molecular formula is C20H24N2O2S. The van der Waals surface area contributed by atoms with Gasteiger partial charge in [-0.25, -0.2) is 0 Å². The van der Waals surface area contributed by atoms with E-state index in [-0.39, 0.29) is 11.7 Å². The molecule has 2 heterocycles. The average Bonchev–Trinajstić information content (AvgIpc) is 3.18. The van der Waals surface area contributed by atoms with Gasteiger partial charge in [0.2, 0.25) is 5.91 Å². The van der Waals surface area contributed by atoms with E-state index in [1.165, 1.54) is 16.9 Å². The third-order valence-corrected chi connectivity index (χ3v) is 5.50. The van der Waals surface area contributed by atoms with Crippen LogP contribution in [0.1, 0.15) is 28.1 Å². The largest absolute Gasteiger partial charge is 0.340 e. The lowest BCUT2D eigenvalue weighted by Crippen LogP contribution is -2.49. The van der Waals surface area contributed by atoms with Crippen LogP contribution < -0.4 is 0 Å². The number of rotatable bonds is 7. The monoisotopic (exact) mass is 356 g/mol. The normalized spacial score (nSPS) is 15.3. The molecule has 1 amide bonds. The van der Waals surface area contributed by atoms with Crippen molar-refractivity contribution >= 4 is 23.0 Å². The Morgan fingerprint density at radius 1 is 0.960 bits per heavy atom. The summed E-state index contributed by atoms with van der Waals surface area (Å²) in [6.07, 6.45) is 2.44. The van der Waals surface area contributed by atoms with Crippen LogP contribution in [0.5, 0.6) is 0 Å². The van der Waals surface area contributed by atoms with Gasteiger partial charge in [-0.05, 0) is 29.9 Å². The lowest BCUT2D eigenvalue weighted by Gasteiger charge is -2.34. The number of ketones is 1. The van der Waals surface area contributed by atoms with Crippen molar-refractivity contribution in [3.8, 4) is 0 Å². The van der Waals surface area contributed by atoms with Crippen LogP contribution in [0.15, 0.2) is 47.8 Å². The van der Waals surface area contributed by atoms with Gasteiger partial charge in [-0.3, -0.25) is 14.5 Å². The fourth-order valence-electron chi connectivity index (χ4n) is 3.12. The number of carbonyl (C=O) groups is 2. The van der Waals surface area contributed by atoms with Gasteiger partial charge in [0, 0.05) is 32.6 Å². The maximum Gasteiger partial charge on any atom is 0.222 e. The molecule has 0 radical (unpaired) electrons. The van der Waals surface area contributed by atoms with Crippen molar-refractivity contribution in [2.45, 2.75) is 19.3 Å². The zero-order chi connectivity index (χ0) is 17.5. The van der Waals surface area contributed by atoms with Crippen molar-refractivity contribution in [1.29, 1.82) is 0 Å². The SMILES string of the molecule is O=C(CN1CCN(C(=O)CCCc2ccccc2)CC1)c1cccs1. The lowest BCUT2D eigenvalue weighted by atomic mass is 10.1. The van der Waals surface area contributed by atoms with Crippen LogP contribution in [0, 0.1) is 0 Å². The van der Waals surface area contributed by atoms with E-state index in [2.05, 4.69) is 17.0 Å². The maximum absolute atomic E-state index is 12.3. The van der Waals surface area contributed by atoms with Gasteiger partial charge in [-0.15, -0.1) is 11.3 Å². The second kappa shape index (κ2) is 8.92. The minimum absolute atomic E-state index is 0.178. The number of nitrogens with zero attached hydrogens (tertiary/aromatic N) is 2. The molecule has 1 aliphatic rings. The maximum atomic E-state index is 12.3. The Morgan fingerprint density at radius 2 is 1.72 bits per heavy atom. The summed E-state index contributed by atoms with van der Waals surface area (Å²) in [6, 6.07) is 14.1. The summed E-state index contributed by atoms with van der Waals surface area (Å²) in [7, 11) is 0. The van der Waals surface area contributed by atoms with E-state index < -0.39 is 0 Å². The first kappa shape index (κ1) is 17.8. The molecule has 1 fully saturated rings. The summed E-state index contributed by atoms with van der Waals surface area (Å²) < 4.78 is 0. The summed E-state index contributed by atoms with van der Waals surface area (Å²) in [4.78, 5) is 29.4. The predicted octanol–water partition coefficient (Wildman–Crippen LogP) is 3.10. The van der Waals surface area contributed by atoms with E-state index in [0.717, 1.165) is 43.9 Å². The molecule has 0 unspecified atom stereocenters. The number of thiophene rings is 1. The molecule has 3 rings (SSSR count). The second-order valence-electron chi connectivity index (χ2n) is 6.40. The number of carbonyl (C=O) groups excluding carboxylic acids is 2. The first-order valence-corrected chi connectivity index (χ1v) is 9.71. The Labute approximate surface area is 153 Å². The quantitative estimate of drug-likeness (QED) is 0.716.